The van der Waals surface area contributed by atoms with Crippen LogP contribution in [0.2, 0.25) is 0 Å². The van der Waals surface area contributed by atoms with Crippen molar-refractivity contribution >= 4 is 33.5 Å². The maximum Gasteiger partial charge on any atom is 0.278 e. The molecule has 4 rings (SSSR count). The van der Waals surface area contributed by atoms with Crippen molar-refractivity contribution in [2.24, 2.45) is 0 Å². The molecule has 0 bridgehead atoms. The van der Waals surface area contributed by atoms with Crippen LogP contribution in [0.25, 0.3) is 21.8 Å². The second-order valence-electron chi connectivity index (χ2n) is 5.24. The molecule has 0 atom stereocenters. The highest BCUT2D eigenvalue weighted by Crippen LogP contribution is 2.19. The maximum atomic E-state index is 12.3. The van der Waals surface area contributed by atoms with Crippen LogP contribution in [-0.2, 0) is 11.3 Å². The summed E-state index contributed by atoms with van der Waals surface area (Å²) in [5.41, 5.74) is 0.954. The van der Waals surface area contributed by atoms with Crippen LogP contribution in [0.5, 0.6) is 0 Å². The minimum atomic E-state index is -0.404. The number of H-pyrrole nitrogens is 1. The number of carbonyl (C=O) groups is 1. The van der Waals surface area contributed by atoms with Gasteiger partial charge in [-0.15, -0.1) is 5.10 Å². The van der Waals surface area contributed by atoms with Crippen molar-refractivity contribution in [3.05, 3.63) is 58.9 Å². The molecule has 0 saturated carbocycles. The van der Waals surface area contributed by atoms with E-state index in [1.807, 2.05) is 24.3 Å². The SMILES string of the molecule is O=C(Cn1nnc2ccccc2c1=O)Nc1n[nH]c2ccccc12. The van der Waals surface area contributed by atoms with Gasteiger partial charge in [-0.05, 0) is 24.3 Å². The minimum absolute atomic E-state index is 0.238. The van der Waals surface area contributed by atoms with Gasteiger partial charge in [0.05, 0.1) is 10.9 Å². The Balaban J connectivity index is 1.60. The number of aromatic nitrogens is 5. The number of benzene rings is 2. The summed E-state index contributed by atoms with van der Waals surface area (Å²) < 4.78 is 1.03. The number of carbonyl (C=O) groups excluding carboxylic acids is 1. The molecule has 2 aromatic carbocycles. The van der Waals surface area contributed by atoms with E-state index in [1.165, 1.54) is 0 Å². The van der Waals surface area contributed by atoms with Crippen LogP contribution in [0, 0.1) is 0 Å². The highest BCUT2D eigenvalue weighted by molar-refractivity contribution is 5.99. The monoisotopic (exact) mass is 320 g/mol. The first-order chi connectivity index (χ1) is 11.7. The Morgan fingerprint density at radius 3 is 2.71 bits per heavy atom. The summed E-state index contributed by atoms with van der Waals surface area (Å²) in [4.78, 5) is 24.6. The molecule has 8 heteroatoms. The minimum Gasteiger partial charge on any atom is -0.307 e. The molecule has 0 spiro atoms. The Bertz CT molecular complexity index is 1110. The van der Waals surface area contributed by atoms with E-state index in [0.717, 1.165) is 15.6 Å². The lowest BCUT2D eigenvalue weighted by Crippen LogP contribution is -2.30. The fourth-order valence-electron chi connectivity index (χ4n) is 2.49. The normalized spacial score (nSPS) is 11.0. The molecule has 0 fully saturated rings. The molecular weight excluding hydrogens is 308 g/mol. The first kappa shape index (κ1) is 14.1. The second-order valence-corrected chi connectivity index (χ2v) is 5.24. The molecule has 8 nitrogen and oxygen atoms in total. The summed E-state index contributed by atoms with van der Waals surface area (Å²) in [6, 6.07) is 14.3. The Kier molecular flexibility index (Phi) is 3.27. The number of fused-ring (bicyclic) bond motifs is 2. The second kappa shape index (κ2) is 5.58. The van der Waals surface area contributed by atoms with Gasteiger partial charge >= 0.3 is 0 Å². The Labute approximate surface area is 135 Å². The lowest BCUT2D eigenvalue weighted by atomic mass is 10.2. The average Bonchev–Trinajstić information content (AvgIpc) is 3.01. The van der Waals surface area contributed by atoms with Crippen molar-refractivity contribution in [2.45, 2.75) is 6.54 Å². The van der Waals surface area contributed by atoms with E-state index in [4.69, 9.17) is 0 Å². The summed E-state index contributed by atoms with van der Waals surface area (Å²) in [6.07, 6.45) is 0. The maximum absolute atomic E-state index is 12.3. The number of nitrogens with one attached hydrogen (secondary N) is 2. The zero-order valence-corrected chi connectivity index (χ0v) is 12.4. The summed E-state index contributed by atoms with van der Waals surface area (Å²) in [5, 5.41) is 18.6. The number of amides is 1. The van der Waals surface area contributed by atoms with Gasteiger partial charge in [-0.25, -0.2) is 4.68 Å². The van der Waals surface area contributed by atoms with Gasteiger partial charge in [0.1, 0.15) is 12.1 Å². The fraction of sp³-hybridized carbons (Fsp3) is 0.0625. The zero-order valence-electron chi connectivity index (χ0n) is 12.4. The van der Waals surface area contributed by atoms with Gasteiger partial charge in [-0.3, -0.25) is 14.7 Å². The van der Waals surface area contributed by atoms with Gasteiger partial charge in [0.15, 0.2) is 5.82 Å². The molecule has 0 saturated heterocycles. The highest BCUT2D eigenvalue weighted by Gasteiger charge is 2.12. The lowest BCUT2D eigenvalue weighted by molar-refractivity contribution is -0.117. The number of nitrogens with zero attached hydrogens (tertiary/aromatic N) is 4. The molecule has 118 valence electrons. The van der Waals surface area contributed by atoms with Crippen molar-refractivity contribution < 1.29 is 4.79 Å². The molecule has 0 aliphatic rings. The zero-order chi connectivity index (χ0) is 16.5. The van der Waals surface area contributed by atoms with Gasteiger partial charge in [-0.1, -0.05) is 29.5 Å². The predicted molar refractivity (Wildman–Crippen MR) is 88.5 cm³/mol. The largest absolute Gasteiger partial charge is 0.307 e. The standard InChI is InChI=1S/C16H12N6O2/c23-14(17-15-10-5-1-3-7-12(10)18-20-15)9-22-16(24)11-6-2-4-8-13(11)19-21-22/h1-8H,9H2,(H2,17,18,20,23). The Morgan fingerprint density at radius 2 is 1.83 bits per heavy atom. The fourth-order valence-corrected chi connectivity index (χ4v) is 2.49. The molecule has 2 N–H and O–H groups in total. The summed E-state index contributed by atoms with van der Waals surface area (Å²) in [6.45, 7) is -0.238. The van der Waals surface area contributed by atoms with Crippen LogP contribution in [0.4, 0.5) is 5.82 Å². The van der Waals surface area contributed by atoms with E-state index < -0.39 is 5.91 Å². The first-order valence-electron chi connectivity index (χ1n) is 7.28. The number of hydrogen-bond donors (Lipinski definition) is 2. The Hall–Kier alpha value is -3.55. The van der Waals surface area contributed by atoms with Crippen LogP contribution in [-0.4, -0.2) is 31.1 Å². The molecule has 2 aromatic heterocycles. The number of para-hydroxylation sites is 1. The van der Waals surface area contributed by atoms with Crippen molar-refractivity contribution in [2.75, 3.05) is 5.32 Å². The molecule has 4 aromatic rings. The quantitative estimate of drug-likeness (QED) is 0.592. The van der Waals surface area contributed by atoms with Crippen molar-refractivity contribution in [1.82, 2.24) is 25.2 Å². The molecule has 2 heterocycles. The van der Waals surface area contributed by atoms with E-state index in [2.05, 4.69) is 25.8 Å². The number of aromatic amines is 1. The van der Waals surface area contributed by atoms with Gasteiger partial charge in [-0.2, -0.15) is 5.10 Å². The summed E-state index contributed by atoms with van der Waals surface area (Å²) in [5.74, 6) is 0.0105. The molecule has 0 unspecified atom stereocenters. The topological polar surface area (TPSA) is 106 Å². The third kappa shape index (κ3) is 2.39. The molecule has 0 radical (unpaired) electrons. The van der Waals surface area contributed by atoms with Crippen LogP contribution in [0.1, 0.15) is 0 Å². The first-order valence-corrected chi connectivity index (χ1v) is 7.28. The molecule has 1 amide bonds. The van der Waals surface area contributed by atoms with E-state index in [-0.39, 0.29) is 12.1 Å². The summed E-state index contributed by atoms with van der Waals surface area (Å²) in [7, 11) is 0. The molecule has 0 aliphatic heterocycles. The molecular formula is C16H12N6O2. The number of rotatable bonds is 3. The third-order valence-electron chi connectivity index (χ3n) is 3.65. The Morgan fingerprint density at radius 1 is 1.08 bits per heavy atom. The van der Waals surface area contributed by atoms with E-state index >= 15 is 0 Å². The van der Waals surface area contributed by atoms with Crippen LogP contribution < -0.4 is 10.9 Å². The van der Waals surface area contributed by atoms with Crippen LogP contribution in [0.3, 0.4) is 0 Å². The van der Waals surface area contributed by atoms with Crippen LogP contribution in [0.15, 0.2) is 53.3 Å². The lowest BCUT2D eigenvalue weighted by Gasteiger charge is -2.05. The van der Waals surface area contributed by atoms with E-state index in [9.17, 15) is 9.59 Å². The van der Waals surface area contributed by atoms with Crippen LogP contribution >= 0.6 is 0 Å². The predicted octanol–water partition coefficient (Wildman–Crippen LogP) is 1.31. The van der Waals surface area contributed by atoms with Gasteiger partial charge in [0.25, 0.3) is 5.56 Å². The molecule has 0 aliphatic carbocycles. The number of anilines is 1. The van der Waals surface area contributed by atoms with Crippen molar-refractivity contribution in [3.63, 3.8) is 0 Å². The van der Waals surface area contributed by atoms with Gasteiger partial charge in [0.2, 0.25) is 5.91 Å². The smallest absolute Gasteiger partial charge is 0.278 e. The summed E-state index contributed by atoms with van der Waals surface area (Å²) >= 11 is 0. The van der Waals surface area contributed by atoms with E-state index in [0.29, 0.717) is 16.7 Å². The van der Waals surface area contributed by atoms with Crippen molar-refractivity contribution in [3.8, 4) is 0 Å². The number of hydrogen-bond acceptors (Lipinski definition) is 5. The highest BCUT2D eigenvalue weighted by atomic mass is 16.2. The van der Waals surface area contributed by atoms with Gasteiger partial charge in [0, 0.05) is 5.39 Å². The van der Waals surface area contributed by atoms with Crippen molar-refractivity contribution in [1.29, 1.82) is 0 Å². The third-order valence-corrected chi connectivity index (χ3v) is 3.65. The van der Waals surface area contributed by atoms with E-state index in [1.54, 1.807) is 24.3 Å². The molecule has 24 heavy (non-hydrogen) atoms. The average molecular weight is 320 g/mol. The van der Waals surface area contributed by atoms with Gasteiger partial charge < -0.3 is 5.32 Å².